The van der Waals surface area contributed by atoms with E-state index >= 15 is 0 Å². The zero-order valence-corrected chi connectivity index (χ0v) is 14.3. The highest BCUT2D eigenvalue weighted by molar-refractivity contribution is 5.85. The average Bonchev–Trinajstić information content (AvgIpc) is 2.89. The third-order valence-corrected chi connectivity index (χ3v) is 4.66. The number of hydrogen-bond acceptors (Lipinski definition) is 5. The van der Waals surface area contributed by atoms with Crippen LogP contribution in [-0.4, -0.2) is 91.3 Å². The summed E-state index contributed by atoms with van der Waals surface area (Å²) in [4.78, 5) is 41.3. The Balaban J connectivity index is 1.69. The summed E-state index contributed by atoms with van der Waals surface area (Å²) < 4.78 is 0. The molecule has 0 saturated carbocycles. The van der Waals surface area contributed by atoms with Gasteiger partial charge in [0.2, 0.25) is 17.7 Å². The van der Waals surface area contributed by atoms with Gasteiger partial charge < -0.3 is 20.9 Å². The molecular formula is C16H29N5O3. The van der Waals surface area contributed by atoms with E-state index in [0.717, 1.165) is 25.9 Å². The minimum Gasteiger partial charge on any atom is -0.346 e. The summed E-state index contributed by atoms with van der Waals surface area (Å²) in [5, 5.41) is 2.49. The number of rotatable bonds is 5. The fourth-order valence-corrected chi connectivity index (χ4v) is 3.12. The highest BCUT2D eigenvalue weighted by atomic mass is 16.2. The summed E-state index contributed by atoms with van der Waals surface area (Å²) in [6.07, 6.45) is 4.63. The van der Waals surface area contributed by atoms with Gasteiger partial charge in [-0.2, -0.15) is 0 Å². The molecule has 24 heavy (non-hydrogen) atoms. The quantitative estimate of drug-likeness (QED) is 0.642. The number of nitrogens with zero attached hydrogens (tertiary/aromatic N) is 3. The smallest absolute Gasteiger partial charge is 0.242 e. The molecule has 136 valence electrons. The number of nitrogens with one attached hydrogen (secondary N) is 1. The first kappa shape index (κ1) is 18.7. The summed E-state index contributed by atoms with van der Waals surface area (Å²) in [6, 6.07) is 0. The van der Waals surface area contributed by atoms with Crippen molar-refractivity contribution in [2.24, 2.45) is 5.73 Å². The Hall–Kier alpha value is -1.67. The molecule has 0 bridgehead atoms. The van der Waals surface area contributed by atoms with Crippen LogP contribution in [0.3, 0.4) is 0 Å². The van der Waals surface area contributed by atoms with E-state index in [1.54, 1.807) is 4.90 Å². The Morgan fingerprint density at radius 3 is 1.96 bits per heavy atom. The van der Waals surface area contributed by atoms with Gasteiger partial charge in [0.15, 0.2) is 0 Å². The minimum atomic E-state index is -0.329. The number of piperazine rings is 1. The molecule has 3 N–H and O–H groups in total. The van der Waals surface area contributed by atoms with Crippen LogP contribution in [0, 0.1) is 0 Å². The van der Waals surface area contributed by atoms with Crippen molar-refractivity contribution < 1.29 is 14.4 Å². The second-order valence-electron chi connectivity index (χ2n) is 6.43. The largest absolute Gasteiger partial charge is 0.346 e. The van der Waals surface area contributed by atoms with Gasteiger partial charge in [-0.05, 0) is 12.8 Å². The number of nitrogens with two attached hydrogens (primary N) is 1. The van der Waals surface area contributed by atoms with Crippen molar-refractivity contribution >= 4 is 17.7 Å². The van der Waals surface area contributed by atoms with E-state index < -0.39 is 0 Å². The van der Waals surface area contributed by atoms with Gasteiger partial charge in [-0.1, -0.05) is 12.8 Å². The summed E-state index contributed by atoms with van der Waals surface area (Å²) >= 11 is 0. The number of carbonyl (C=O) groups is 3. The molecule has 2 saturated heterocycles. The molecule has 2 rings (SSSR count). The van der Waals surface area contributed by atoms with Crippen LogP contribution in [0.1, 0.15) is 25.7 Å². The summed E-state index contributed by atoms with van der Waals surface area (Å²) in [6.45, 7) is 4.62. The van der Waals surface area contributed by atoms with E-state index in [1.165, 1.54) is 12.8 Å². The highest BCUT2D eigenvalue weighted by Crippen LogP contribution is 2.11. The fraction of sp³-hybridized carbons (Fsp3) is 0.812. The summed E-state index contributed by atoms with van der Waals surface area (Å²) in [5.74, 6) is -0.229. The van der Waals surface area contributed by atoms with E-state index in [-0.39, 0.29) is 30.8 Å². The van der Waals surface area contributed by atoms with Crippen molar-refractivity contribution in [2.75, 3.05) is 58.9 Å². The summed E-state index contributed by atoms with van der Waals surface area (Å²) in [7, 11) is 0. The first-order valence-corrected chi connectivity index (χ1v) is 8.85. The predicted octanol–water partition coefficient (Wildman–Crippen LogP) is -1.39. The lowest BCUT2D eigenvalue weighted by molar-refractivity contribution is -0.136. The van der Waals surface area contributed by atoms with Crippen molar-refractivity contribution in [3.63, 3.8) is 0 Å². The topological polar surface area (TPSA) is 99.0 Å². The molecule has 0 unspecified atom stereocenters. The number of carbonyl (C=O) groups excluding carboxylic acids is 3. The van der Waals surface area contributed by atoms with Gasteiger partial charge in [0.1, 0.15) is 0 Å². The molecule has 2 aliphatic heterocycles. The van der Waals surface area contributed by atoms with Crippen molar-refractivity contribution in [3.05, 3.63) is 0 Å². The highest BCUT2D eigenvalue weighted by Gasteiger charge is 2.24. The molecule has 0 spiro atoms. The van der Waals surface area contributed by atoms with Gasteiger partial charge in [0, 0.05) is 39.3 Å². The predicted molar refractivity (Wildman–Crippen MR) is 90.1 cm³/mol. The summed E-state index contributed by atoms with van der Waals surface area (Å²) in [5.41, 5.74) is 5.19. The maximum atomic E-state index is 12.4. The number of hydrogen-bond donors (Lipinski definition) is 2. The number of amides is 3. The van der Waals surface area contributed by atoms with Gasteiger partial charge in [-0.3, -0.25) is 19.3 Å². The third-order valence-electron chi connectivity index (χ3n) is 4.66. The molecule has 8 heteroatoms. The fourth-order valence-electron chi connectivity index (χ4n) is 3.12. The maximum Gasteiger partial charge on any atom is 0.242 e. The molecule has 0 atom stereocenters. The lowest BCUT2D eigenvalue weighted by Gasteiger charge is -2.35. The lowest BCUT2D eigenvalue weighted by atomic mass is 10.2. The molecule has 3 amide bonds. The average molecular weight is 339 g/mol. The monoisotopic (exact) mass is 339 g/mol. The third kappa shape index (κ3) is 5.76. The first-order chi connectivity index (χ1) is 11.6. The molecule has 0 aromatic heterocycles. The Labute approximate surface area is 143 Å². The molecule has 2 fully saturated rings. The minimum absolute atomic E-state index is 0.0112. The van der Waals surface area contributed by atoms with Crippen molar-refractivity contribution in [3.8, 4) is 0 Å². The van der Waals surface area contributed by atoms with E-state index in [2.05, 4.69) is 10.2 Å². The van der Waals surface area contributed by atoms with Crippen LogP contribution in [-0.2, 0) is 14.4 Å². The van der Waals surface area contributed by atoms with Crippen molar-refractivity contribution in [1.29, 1.82) is 0 Å². The van der Waals surface area contributed by atoms with Crippen LogP contribution in [0.2, 0.25) is 0 Å². The van der Waals surface area contributed by atoms with Gasteiger partial charge in [0.05, 0.1) is 19.6 Å². The standard InChI is InChI=1S/C16H29N5O3/c17-11-14(22)18-12-15(23)21-9-7-19(8-10-21)13-16(24)20-5-3-1-2-4-6-20/h1-13,17H2,(H,18,22). The molecule has 0 aromatic carbocycles. The molecule has 2 aliphatic rings. The molecule has 0 aliphatic carbocycles. The molecular weight excluding hydrogens is 310 g/mol. The van der Waals surface area contributed by atoms with Crippen LogP contribution in [0.5, 0.6) is 0 Å². The Kier molecular flexibility index (Phi) is 7.45. The van der Waals surface area contributed by atoms with Crippen LogP contribution in [0.25, 0.3) is 0 Å². The lowest BCUT2D eigenvalue weighted by Crippen LogP contribution is -2.53. The molecule has 0 aromatic rings. The van der Waals surface area contributed by atoms with E-state index in [0.29, 0.717) is 32.7 Å². The second kappa shape index (κ2) is 9.58. The number of likely N-dealkylation sites (tertiary alicyclic amines) is 1. The van der Waals surface area contributed by atoms with E-state index in [1.807, 2.05) is 4.90 Å². The molecule has 2 heterocycles. The second-order valence-corrected chi connectivity index (χ2v) is 6.43. The van der Waals surface area contributed by atoms with Gasteiger partial charge in [-0.25, -0.2) is 0 Å². The van der Waals surface area contributed by atoms with Crippen LogP contribution in [0.4, 0.5) is 0 Å². The first-order valence-electron chi connectivity index (χ1n) is 8.85. The van der Waals surface area contributed by atoms with Gasteiger partial charge >= 0.3 is 0 Å². The van der Waals surface area contributed by atoms with E-state index in [9.17, 15) is 14.4 Å². The van der Waals surface area contributed by atoms with Crippen LogP contribution < -0.4 is 11.1 Å². The van der Waals surface area contributed by atoms with Gasteiger partial charge in [-0.15, -0.1) is 0 Å². The Morgan fingerprint density at radius 2 is 1.38 bits per heavy atom. The normalized spacial score (nSPS) is 19.7. The van der Waals surface area contributed by atoms with Crippen LogP contribution >= 0.6 is 0 Å². The molecule has 0 radical (unpaired) electrons. The van der Waals surface area contributed by atoms with Crippen molar-refractivity contribution in [1.82, 2.24) is 20.0 Å². The molecule has 8 nitrogen and oxygen atoms in total. The van der Waals surface area contributed by atoms with Crippen LogP contribution in [0.15, 0.2) is 0 Å². The van der Waals surface area contributed by atoms with Crippen molar-refractivity contribution in [2.45, 2.75) is 25.7 Å². The Bertz CT molecular complexity index is 441. The zero-order valence-electron chi connectivity index (χ0n) is 14.3. The van der Waals surface area contributed by atoms with E-state index in [4.69, 9.17) is 5.73 Å². The maximum absolute atomic E-state index is 12.4. The Morgan fingerprint density at radius 1 is 0.792 bits per heavy atom. The zero-order chi connectivity index (χ0) is 17.4. The SMILES string of the molecule is NCC(=O)NCC(=O)N1CCN(CC(=O)N2CCCCCC2)CC1. The van der Waals surface area contributed by atoms with Gasteiger partial charge in [0.25, 0.3) is 0 Å².